The normalized spacial score (nSPS) is 14.5. The minimum atomic E-state index is 0.749. The lowest BCUT2D eigenvalue weighted by Crippen LogP contribution is -2.38. The molecule has 0 saturated carbocycles. The highest BCUT2D eigenvalue weighted by molar-refractivity contribution is 6.22. The van der Waals surface area contributed by atoms with E-state index in [0.29, 0.717) is 0 Å². The molecule has 0 unspecified atom stereocenters. The molecular weight excluding hydrogens is 536 g/mol. The Kier molecular flexibility index (Phi) is 5.53. The van der Waals surface area contributed by atoms with Gasteiger partial charge in [0, 0.05) is 46.4 Å². The number of nitrogens with zero attached hydrogens (tertiary/aromatic N) is 4. The molecule has 0 saturated heterocycles. The first-order valence-electron chi connectivity index (χ1n) is 15.0. The van der Waals surface area contributed by atoms with Crippen molar-refractivity contribution in [2.45, 2.75) is 0 Å². The average molecular weight is 565 g/mol. The third kappa shape index (κ3) is 3.74. The second-order valence-corrected chi connectivity index (χ2v) is 11.3. The number of rotatable bonds is 3. The van der Waals surface area contributed by atoms with Gasteiger partial charge in [-0.15, -0.1) is 0 Å². The second-order valence-electron chi connectivity index (χ2n) is 11.3. The van der Waals surface area contributed by atoms with Gasteiger partial charge >= 0.3 is 0 Å². The predicted molar refractivity (Wildman–Crippen MR) is 183 cm³/mol. The van der Waals surface area contributed by atoms with Gasteiger partial charge in [0.15, 0.2) is 0 Å². The zero-order valence-electron chi connectivity index (χ0n) is 24.0. The van der Waals surface area contributed by atoms with Gasteiger partial charge < -0.3 is 9.47 Å². The van der Waals surface area contributed by atoms with Crippen LogP contribution in [0.4, 0.5) is 0 Å². The number of para-hydroxylation sites is 2. The summed E-state index contributed by atoms with van der Waals surface area (Å²) in [7, 11) is 0. The van der Waals surface area contributed by atoms with E-state index in [-0.39, 0.29) is 0 Å². The zero-order valence-corrected chi connectivity index (χ0v) is 24.0. The highest BCUT2D eigenvalue weighted by Gasteiger charge is 2.28. The molecule has 0 spiro atoms. The van der Waals surface area contributed by atoms with Gasteiger partial charge in [-0.3, -0.25) is 4.57 Å². The Bertz CT molecular complexity index is 2330. The summed E-state index contributed by atoms with van der Waals surface area (Å²) in [5.41, 5.74) is 10.5. The first-order chi connectivity index (χ1) is 21.8. The third-order valence-electron chi connectivity index (χ3n) is 8.84. The lowest BCUT2D eigenvalue weighted by Gasteiger charge is -2.34. The van der Waals surface area contributed by atoms with Crippen LogP contribution in [0, 0.1) is 0 Å². The Morgan fingerprint density at radius 1 is 0.568 bits per heavy atom. The first-order valence-corrected chi connectivity index (χ1v) is 15.0. The van der Waals surface area contributed by atoms with Gasteiger partial charge in [0.2, 0.25) is 5.96 Å². The monoisotopic (exact) mass is 564 g/mol. The standard InChI is InChI=1S/C40H28N4/c1-3-11-28(12-4-1)29-18-20-30(21-19-29)35-27-41-40(43-25-10-9-16-36(35)43)44-38-17-8-7-15-32(38)33-22-23-37-34(39(33)44)24-26-42(37)31-13-5-2-6-14-31/h1-24,26-27H,25H2. The molecule has 0 fully saturated rings. The first kappa shape index (κ1) is 24.7. The van der Waals surface area contributed by atoms with Gasteiger partial charge in [0.05, 0.1) is 22.2 Å². The maximum Gasteiger partial charge on any atom is 0.215 e. The summed E-state index contributed by atoms with van der Waals surface area (Å²) in [6.07, 6.45) is 10.8. The van der Waals surface area contributed by atoms with Crippen LogP contribution < -0.4 is 0 Å². The maximum absolute atomic E-state index is 5.23. The Labute approximate surface area is 255 Å². The molecule has 0 amide bonds. The summed E-state index contributed by atoms with van der Waals surface area (Å²) in [6.45, 7) is 0.749. The number of aromatic nitrogens is 2. The van der Waals surface area contributed by atoms with Crippen LogP contribution in [0.5, 0.6) is 0 Å². The molecule has 4 heterocycles. The van der Waals surface area contributed by atoms with Crippen molar-refractivity contribution in [2.24, 2.45) is 4.99 Å². The quantitative estimate of drug-likeness (QED) is 0.210. The third-order valence-corrected chi connectivity index (χ3v) is 8.84. The van der Waals surface area contributed by atoms with E-state index in [4.69, 9.17) is 4.99 Å². The molecule has 0 radical (unpaired) electrons. The van der Waals surface area contributed by atoms with Crippen molar-refractivity contribution in [1.29, 1.82) is 0 Å². The molecule has 0 N–H and O–H groups in total. The maximum atomic E-state index is 5.23. The van der Waals surface area contributed by atoms with Gasteiger partial charge in [-0.1, -0.05) is 109 Å². The molecule has 5 aromatic carbocycles. The number of benzene rings is 5. The Hall–Kier alpha value is -5.87. The summed E-state index contributed by atoms with van der Waals surface area (Å²) in [5.74, 6) is 0.913. The van der Waals surface area contributed by atoms with E-state index in [1.165, 1.54) is 38.3 Å². The zero-order chi connectivity index (χ0) is 29.0. The smallest absolute Gasteiger partial charge is 0.215 e. The van der Waals surface area contributed by atoms with Gasteiger partial charge in [0.25, 0.3) is 0 Å². The van der Waals surface area contributed by atoms with Crippen molar-refractivity contribution in [1.82, 2.24) is 14.0 Å². The summed E-state index contributed by atoms with van der Waals surface area (Å²) in [5, 5.41) is 3.66. The van der Waals surface area contributed by atoms with Gasteiger partial charge in [-0.2, -0.15) is 0 Å². The van der Waals surface area contributed by atoms with Crippen LogP contribution in [0.3, 0.4) is 0 Å². The van der Waals surface area contributed by atoms with Crippen molar-refractivity contribution >= 4 is 44.2 Å². The lowest BCUT2D eigenvalue weighted by atomic mass is 9.97. The molecule has 0 atom stereocenters. The number of aliphatic imine (C=N–C) groups is 1. The summed E-state index contributed by atoms with van der Waals surface area (Å²) < 4.78 is 4.63. The van der Waals surface area contributed by atoms with Crippen LogP contribution in [0.2, 0.25) is 0 Å². The summed E-state index contributed by atoms with van der Waals surface area (Å²) in [6, 6.07) is 45.3. The molecular formula is C40H28N4. The van der Waals surface area contributed by atoms with E-state index < -0.39 is 0 Å². The average Bonchev–Trinajstić information content (AvgIpc) is 3.68. The SMILES string of the molecule is C1=CCN2C(=C1)C(c1ccc(-c3ccccc3)cc1)=CN=C2n1c2ccccc2c2ccc3c(ccn3-c3ccccc3)c21. The number of hydrogen-bond acceptors (Lipinski definition) is 2. The molecule has 4 heteroatoms. The van der Waals surface area contributed by atoms with Gasteiger partial charge in [0.1, 0.15) is 0 Å². The van der Waals surface area contributed by atoms with Gasteiger partial charge in [-0.05, 0) is 53.1 Å². The number of fused-ring (bicyclic) bond motifs is 6. The molecule has 4 nitrogen and oxygen atoms in total. The van der Waals surface area contributed by atoms with Crippen LogP contribution in [0.15, 0.2) is 169 Å². The van der Waals surface area contributed by atoms with E-state index in [0.717, 1.165) is 40.5 Å². The van der Waals surface area contributed by atoms with Crippen molar-refractivity contribution in [3.63, 3.8) is 0 Å². The summed E-state index contributed by atoms with van der Waals surface area (Å²) in [4.78, 5) is 7.58. The Morgan fingerprint density at radius 2 is 1.30 bits per heavy atom. The molecule has 0 aliphatic carbocycles. The van der Waals surface area contributed by atoms with Crippen molar-refractivity contribution in [2.75, 3.05) is 6.54 Å². The van der Waals surface area contributed by atoms with Crippen LogP contribution >= 0.6 is 0 Å². The minimum Gasteiger partial charge on any atom is -0.316 e. The van der Waals surface area contributed by atoms with Gasteiger partial charge in [-0.25, -0.2) is 4.99 Å². The van der Waals surface area contributed by atoms with E-state index in [2.05, 4.69) is 166 Å². The van der Waals surface area contributed by atoms with Crippen molar-refractivity contribution in [3.8, 4) is 16.8 Å². The lowest BCUT2D eigenvalue weighted by molar-refractivity contribution is 0.562. The van der Waals surface area contributed by atoms with Crippen LogP contribution in [0.25, 0.3) is 55.1 Å². The van der Waals surface area contributed by atoms with Crippen molar-refractivity contribution < 1.29 is 0 Å². The van der Waals surface area contributed by atoms with Crippen LogP contribution in [-0.2, 0) is 0 Å². The number of allylic oxidation sites excluding steroid dienone is 3. The fourth-order valence-electron chi connectivity index (χ4n) is 6.77. The second kappa shape index (κ2) is 9.85. The molecule has 44 heavy (non-hydrogen) atoms. The van der Waals surface area contributed by atoms with E-state index >= 15 is 0 Å². The molecule has 7 aromatic rings. The van der Waals surface area contributed by atoms with E-state index in [1.54, 1.807) is 0 Å². The molecule has 208 valence electrons. The molecule has 0 bridgehead atoms. The molecule has 2 aliphatic rings. The number of hydrogen-bond donors (Lipinski definition) is 0. The minimum absolute atomic E-state index is 0.749. The predicted octanol–water partition coefficient (Wildman–Crippen LogP) is 9.42. The van der Waals surface area contributed by atoms with Crippen LogP contribution in [-0.4, -0.2) is 26.5 Å². The Morgan fingerprint density at radius 3 is 2.14 bits per heavy atom. The largest absolute Gasteiger partial charge is 0.316 e. The Balaban J connectivity index is 1.24. The van der Waals surface area contributed by atoms with E-state index in [1.807, 2.05) is 6.20 Å². The summed E-state index contributed by atoms with van der Waals surface area (Å²) >= 11 is 0. The topological polar surface area (TPSA) is 25.5 Å². The highest BCUT2D eigenvalue weighted by Crippen LogP contribution is 2.39. The molecule has 9 rings (SSSR count). The molecule has 2 aromatic heterocycles. The van der Waals surface area contributed by atoms with E-state index in [9.17, 15) is 0 Å². The highest BCUT2D eigenvalue weighted by atomic mass is 15.3. The molecule has 2 aliphatic heterocycles. The fraction of sp³-hybridized carbons (Fsp3) is 0.0250. The fourth-order valence-corrected chi connectivity index (χ4v) is 6.77. The van der Waals surface area contributed by atoms with Crippen LogP contribution in [0.1, 0.15) is 5.56 Å². The van der Waals surface area contributed by atoms with Crippen molar-refractivity contribution in [3.05, 3.63) is 169 Å².